The Morgan fingerprint density at radius 2 is 1.67 bits per heavy atom. The molecule has 0 radical (unpaired) electrons. The van der Waals surface area contributed by atoms with Crippen LogP contribution in [0.5, 0.6) is 0 Å². The molecule has 186 valence electrons. The van der Waals surface area contributed by atoms with Crippen LogP contribution in [0.1, 0.15) is 28.7 Å². The van der Waals surface area contributed by atoms with Crippen molar-refractivity contribution in [3.8, 4) is 0 Å². The lowest BCUT2D eigenvalue weighted by Gasteiger charge is -2.24. The first kappa shape index (κ1) is 25.1. The minimum atomic E-state index is -1.30. The maximum absolute atomic E-state index is 14.0. The van der Waals surface area contributed by atoms with Crippen molar-refractivity contribution in [3.63, 3.8) is 0 Å². The highest BCUT2D eigenvalue weighted by molar-refractivity contribution is 5.98. The van der Waals surface area contributed by atoms with Gasteiger partial charge in [-0.25, -0.2) is 13.2 Å². The number of hydrogen-bond donors (Lipinski definition) is 2. The van der Waals surface area contributed by atoms with Crippen LogP contribution in [-0.2, 0) is 29.1 Å². The topological polar surface area (TPSA) is 90.5 Å². The average molecular weight is 495 g/mol. The van der Waals surface area contributed by atoms with Gasteiger partial charge in [0, 0.05) is 37.0 Å². The van der Waals surface area contributed by atoms with Crippen LogP contribution in [0.25, 0.3) is 0 Å². The number of benzene rings is 3. The summed E-state index contributed by atoms with van der Waals surface area (Å²) in [4.78, 5) is 29.4. The highest BCUT2D eigenvalue weighted by atomic mass is 19.2. The van der Waals surface area contributed by atoms with E-state index in [9.17, 15) is 22.8 Å². The second kappa shape index (κ2) is 10.7. The molecule has 6 nitrogen and oxygen atoms in total. The van der Waals surface area contributed by atoms with E-state index in [0.717, 1.165) is 17.2 Å². The Bertz CT molecular complexity index is 1310. The van der Waals surface area contributed by atoms with E-state index in [4.69, 9.17) is 11.1 Å². The van der Waals surface area contributed by atoms with Gasteiger partial charge in [-0.1, -0.05) is 42.5 Å². The minimum absolute atomic E-state index is 0.123. The Hall–Kier alpha value is -3.98. The molecule has 4 rings (SSSR count). The monoisotopic (exact) mass is 494 g/mol. The first-order chi connectivity index (χ1) is 17.3. The number of para-hydroxylation sites is 1. The summed E-state index contributed by atoms with van der Waals surface area (Å²) in [5.41, 5.74) is 8.86. The molecule has 0 bridgehead atoms. The fourth-order valence-electron chi connectivity index (χ4n) is 4.32. The number of amides is 2. The van der Waals surface area contributed by atoms with Crippen molar-refractivity contribution in [1.29, 1.82) is 5.41 Å². The molecule has 0 spiro atoms. The van der Waals surface area contributed by atoms with E-state index in [1.165, 1.54) is 11.1 Å². The maximum Gasteiger partial charge on any atom is 0.246 e. The fraction of sp³-hybridized carbons (Fsp3) is 0.222. The number of rotatable bonds is 7. The molecule has 1 aliphatic rings. The van der Waals surface area contributed by atoms with Crippen molar-refractivity contribution in [1.82, 2.24) is 4.90 Å². The first-order valence-corrected chi connectivity index (χ1v) is 11.4. The van der Waals surface area contributed by atoms with Gasteiger partial charge in [0.25, 0.3) is 0 Å². The van der Waals surface area contributed by atoms with Crippen molar-refractivity contribution in [2.24, 2.45) is 5.73 Å². The van der Waals surface area contributed by atoms with Crippen molar-refractivity contribution < 1.29 is 22.8 Å². The third kappa shape index (κ3) is 5.46. The third-order valence-corrected chi connectivity index (χ3v) is 6.17. The lowest BCUT2D eigenvalue weighted by atomic mass is 10.0. The van der Waals surface area contributed by atoms with E-state index in [1.54, 1.807) is 11.0 Å². The number of nitrogens with zero attached hydrogens (tertiary/aromatic N) is 2. The second-order valence-corrected chi connectivity index (χ2v) is 8.73. The number of halogens is 3. The summed E-state index contributed by atoms with van der Waals surface area (Å²) in [6.07, 6.45) is 0.862. The molecule has 36 heavy (non-hydrogen) atoms. The van der Waals surface area contributed by atoms with Gasteiger partial charge in [-0.15, -0.1) is 0 Å². The molecule has 0 saturated carbocycles. The smallest absolute Gasteiger partial charge is 0.246 e. The molecule has 0 aliphatic carbocycles. The molecular formula is C27H25F3N4O2. The van der Waals surface area contributed by atoms with Crippen LogP contribution in [0.15, 0.2) is 60.7 Å². The van der Waals surface area contributed by atoms with Crippen LogP contribution in [0, 0.1) is 22.9 Å². The van der Waals surface area contributed by atoms with Gasteiger partial charge in [0.2, 0.25) is 11.8 Å². The number of carbonyl (C=O) groups is 2. The van der Waals surface area contributed by atoms with E-state index < -0.39 is 29.4 Å². The van der Waals surface area contributed by atoms with E-state index in [0.29, 0.717) is 17.3 Å². The molecule has 3 aromatic carbocycles. The maximum atomic E-state index is 14.0. The minimum Gasteiger partial charge on any atom is -0.329 e. The number of hydrogen-bond acceptors (Lipinski definition) is 4. The van der Waals surface area contributed by atoms with Crippen molar-refractivity contribution in [2.75, 3.05) is 11.4 Å². The van der Waals surface area contributed by atoms with Crippen molar-refractivity contribution in [2.45, 2.75) is 32.0 Å². The van der Waals surface area contributed by atoms with Gasteiger partial charge in [0.15, 0.2) is 11.6 Å². The number of nitrogens with two attached hydrogens (primary N) is 1. The predicted molar refractivity (Wildman–Crippen MR) is 130 cm³/mol. The Morgan fingerprint density at radius 3 is 2.44 bits per heavy atom. The zero-order chi connectivity index (χ0) is 25.8. The number of fused-ring (bicyclic) bond motifs is 1. The van der Waals surface area contributed by atoms with Crippen LogP contribution < -0.4 is 10.6 Å². The van der Waals surface area contributed by atoms with Gasteiger partial charge in [0.05, 0.1) is 6.54 Å². The van der Waals surface area contributed by atoms with Gasteiger partial charge in [0.1, 0.15) is 12.4 Å². The standard InChI is InChI=1S/C27H25F3N4O2/c28-22-12-24(30)23(29)10-20(22)9-21(32)11-26(35)33-14-19-7-3-4-8-25(19)34(27(36)16-33)15-18-6-2-1-5-17(18)13-31/h1-8,10,12-13,21,31H,9,11,14-16,32H2/t21-/m1/s1. The lowest BCUT2D eigenvalue weighted by molar-refractivity contribution is -0.135. The summed E-state index contributed by atoms with van der Waals surface area (Å²) < 4.78 is 40.7. The van der Waals surface area contributed by atoms with Gasteiger partial charge >= 0.3 is 0 Å². The molecule has 1 heterocycles. The Kier molecular flexibility index (Phi) is 7.49. The van der Waals surface area contributed by atoms with Gasteiger partial charge < -0.3 is 20.9 Å². The van der Waals surface area contributed by atoms with E-state index in [-0.39, 0.29) is 43.9 Å². The SMILES string of the molecule is N=Cc1ccccc1CN1C(=O)CN(C(=O)C[C@H](N)Cc2cc(F)c(F)cc2F)Cc2ccccc21. The Labute approximate surface area is 206 Å². The van der Waals surface area contributed by atoms with Crippen LogP contribution in [0.4, 0.5) is 18.9 Å². The molecule has 3 aromatic rings. The lowest BCUT2D eigenvalue weighted by Crippen LogP contribution is -2.41. The molecule has 9 heteroatoms. The van der Waals surface area contributed by atoms with E-state index in [1.807, 2.05) is 42.5 Å². The molecule has 1 atom stereocenters. The molecule has 0 aromatic heterocycles. The highest BCUT2D eigenvalue weighted by Gasteiger charge is 2.30. The summed E-state index contributed by atoms with van der Waals surface area (Å²) in [6, 6.07) is 14.9. The fourth-order valence-corrected chi connectivity index (χ4v) is 4.32. The zero-order valence-corrected chi connectivity index (χ0v) is 19.4. The van der Waals surface area contributed by atoms with Gasteiger partial charge in [-0.2, -0.15) is 0 Å². The quantitative estimate of drug-likeness (QED) is 0.385. The molecule has 3 N–H and O–H groups in total. The second-order valence-electron chi connectivity index (χ2n) is 8.73. The summed E-state index contributed by atoms with van der Waals surface area (Å²) in [5.74, 6) is -4.13. The molecular weight excluding hydrogens is 469 g/mol. The molecule has 0 saturated heterocycles. The van der Waals surface area contributed by atoms with Crippen LogP contribution >= 0.6 is 0 Å². The third-order valence-electron chi connectivity index (χ3n) is 6.17. The summed E-state index contributed by atoms with van der Waals surface area (Å²) in [7, 11) is 0. The van der Waals surface area contributed by atoms with Crippen LogP contribution in [-0.4, -0.2) is 35.5 Å². The summed E-state index contributed by atoms with van der Waals surface area (Å²) in [5, 5.41) is 7.65. The molecule has 0 unspecified atom stereocenters. The summed E-state index contributed by atoms with van der Waals surface area (Å²) >= 11 is 0. The normalized spacial score (nSPS) is 14.3. The molecule has 0 fully saturated rings. The van der Waals surface area contributed by atoms with E-state index >= 15 is 0 Å². The van der Waals surface area contributed by atoms with Crippen LogP contribution in [0.3, 0.4) is 0 Å². The van der Waals surface area contributed by atoms with Crippen molar-refractivity contribution in [3.05, 3.63) is 100 Å². The largest absolute Gasteiger partial charge is 0.329 e. The summed E-state index contributed by atoms with van der Waals surface area (Å²) in [6.45, 7) is 0.223. The predicted octanol–water partition coefficient (Wildman–Crippen LogP) is 3.94. The van der Waals surface area contributed by atoms with Crippen LogP contribution in [0.2, 0.25) is 0 Å². The number of anilines is 1. The first-order valence-electron chi connectivity index (χ1n) is 11.4. The Morgan fingerprint density at radius 1 is 0.972 bits per heavy atom. The Balaban J connectivity index is 1.52. The van der Waals surface area contributed by atoms with Gasteiger partial charge in [-0.05, 0) is 40.8 Å². The number of nitrogens with one attached hydrogen (secondary N) is 1. The van der Waals surface area contributed by atoms with Crippen molar-refractivity contribution >= 4 is 23.7 Å². The number of carbonyl (C=O) groups excluding carboxylic acids is 2. The highest BCUT2D eigenvalue weighted by Crippen LogP contribution is 2.28. The zero-order valence-electron chi connectivity index (χ0n) is 19.4. The van der Waals surface area contributed by atoms with Gasteiger partial charge in [-0.3, -0.25) is 9.59 Å². The average Bonchev–Trinajstić information content (AvgIpc) is 2.99. The van der Waals surface area contributed by atoms with E-state index in [2.05, 4.69) is 0 Å². The molecule has 1 aliphatic heterocycles. The molecule has 2 amide bonds.